The molecule has 1 aliphatic carbocycles. The number of rotatable bonds is 6. The number of hydrogen-bond acceptors (Lipinski definition) is 4. The molecule has 1 saturated heterocycles. The van der Waals surface area contributed by atoms with Crippen LogP contribution in [0.1, 0.15) is 12.8 Å². The summed E-state index contributed by atoms with van der Waals surface area (Å²) < 4.78 is 4.92. The van der Waals surface area contributed by atoms with Crippen LogP contribution >= 0.6 is 24.8 Å². The second-order valence-electron chi connectivity index (χ2n) is 4.82. The van der Waals surface area contributed by atoms with Crippen LogP contribution < -0.4 is 5.32 Å². The molecule has 1 aliphatic heterocycles. The minimum atomic E-state index is 0. The molecule has 0 atom stereocenters. The van der Waals surface area contributed by atoms with Gasteiger partial charge in [-0.1, -0.05) is 0 Å². The van der Waals surface area contributed by atoms with Crippen molar-refractivity contribution in [2.45, 2.75) is 18.9 Å². The van der Waals surface area contributed by atoms with Crippen LogP contribution in [-0.4, -0.2) is 74.7 Å². The van der Waals surface area contributed by atoms with Crippen LogP contribution in [0.2, 0.25) is 0 Å². The van der Waals surface area contributed by atoms with E-state index in [-0.39, 0.29) is 30.7 Å². The summed E-state index contributed by atoms with van der Waals surface area (Å²) >= 11 is 0. The average molecular weight is 314 g/mol. The fraction of sp³-hybridized carbons (Fsp3) is 0.917. The maximum atomic E-state index is 11.9. The monoisotopic (exact) mass is 313 g/mol. The third-order valence-corrected chi connectivity index (χ3v) is 3.49. The number of hydrogen-bond donors (Lipinski definition) is 1. The summed E-state index contributed by atoms with van der Waals surface area (Å²) in [6.45, 7) is 5.71. The smallest absolute Gasteiger partial charge is 0.236 e. The van der Waals surface area contributed by atoms with E-state index >= 15 is 0 Å². The first-order valence-corrected chi connectivity index (χ1v) is 6.52. The molecule has 0 bridgehead atoms. The summed E-state index contributed by atoms with van der Waals surface area (Å²) in [5.74, 6) is 0.219. The SMILES string of the molecule is COCCNCC(=O)N1CCN(C2CC2)CC1.Cl.Cl. The number of halogens is 2. The van der Waals surface area contributed by atoms with Crippen molar-refractivity contribution >= 4 is 30.7 Å². The van der Waals surface area contributed by atoms with Crippen LogP contribution in [0.25, 0.3) is 0 Å². The van der Waals surface area contributed by atoms with Gasteiger partial charge in [-0.15, -0.1) is 24.8 Å². The highest BCUT2D eigenvalue weighted by Crippen LogP contribution is 2.27. The molecule has 5 nitrogen and oxygen atoms in total. The lowest BCUT2D eigenvalue weighted by molar-refractivity contribution is -0.132. The third-order valence-electron chi connectivity index (χ3n) is 3.49. The predicted molar refractivity (Wildman–Crippen MR) is 80.4 cm³/mol. The van der Waals surface area contributed by atoms with Crippen molar-refractivity contribution in [1.82, 2.24) is 15.1 Å². The maximum Gasteiger partial charge on any atom is 0.236 e. The number of amides is 1. The number of ether oxygens (including phenoxy) is 1. The van der Waals surface area contributed by atoms with Gasteiger partial charge in [0.05, 0.1) is 13.2 Å². The van der Waals surface area contributed by atoms with Gasteiger partial charge in [0.25, 0.3) is 0 Å². The van der Waals surface area contributed by atoms with E-state index < -0.39 is 0 Å². The average Bonchev–Trinajstić information content (AvgIpc) is 3.19. The molecular weight excluding hydrogens is 289 g/mol. The summed E-state index contributed by atoms with van der Waals surface area (Å²) in [7, 11) is 1.67. The summed E-state index contributed by atoms with van der Waals surface area (Å²) in [4.78, 5) is 16.3. The molecule has 1 N–H and O–H groups in total. The number of methoxy groups -OCH3 is 1. The van der Waals surface area contributed by atoms with E-state index in [9.17, 15) is 4.79 Å². The number of piperazine rings is 1. The van der Waals surface area contributed by atoms with E-state index in [1.807, 2.05) is 4.90 Å². The fourth-order valence-electron chi connectivity index (χ4n) is 2.26. The van der Waals surface area contributed by atoms with Crippen LogP contribution in [0.15, 0.2) is 0 Å². The van der Waals surface area contributed by atoms with Gasteiger partial charge in [-0.2, -0.15) is 0 Å². The first kappa shape index (κ1) is 18.9. The van der Waals surface area contributed by atoms with Gasteiger partial charge in [0, 0.05) is 45.9 Å². The minimum absolute atomic E-state index is 0. The molecule has 114 valence electrons. The van der Waals surface area contributed by atoms with Crippen molar-refractivity contribution in [1.29, 1.82) is 0 Å². The first-order valence-electron chi connectivity index (χ1n) is 6.52. The van der Waals surface area contributed by atoms with Crippen molar-refractivity contribution in [2.24, 2.45) is 0 Å². The molecule has 0 aromatic carbocycles. The van der Waals surface area contributed by atoms with Crippen molar-refractivity contribution in [3.05, 3.63) is 0 Å². The van der Waals surface area contributed by atoms with Crippen LogP contribution in [0.4, 0.5) is 0 Å². The summed E-state index contributed by atoms with van der Waals surface area (Å²) in [5, 5.41) is 3.10. The van der Waals surface area contributed by atoms with Gasteiger partial charge >= 0.3 is 0 Å². The largest absolute Gasteiger partial charge is 0.383 e. The highest BCUT2D eigenvalue weighted by atomic mass is 35.5. The zero-order valence-corrected chi connectivity index (χ0v) is 13.1. The molecule has 0 radical (unpaired) electrons. The molecule has 0 aromatic heterocycles. The normalized spacial score (nSPS) is 19.5. The lowest BCUT2D eigenvalue weighted by Crippen LogP contribution is -2.51. The Morgan fingerprint density at radius 3 is 2.37 bits per heavy atom. The van der Waals surface area contributed by atoms with Gasteiger partial charge < -0.3 is 15.0 Å². The van der Waals surface area contributed by atoms with Crippen molar-refractivity contribution in [3.8, 4) is 0 Å². The number of nitrogens with one attached hydrogen (secondary N) is 1. The first-order chi connectivity index (χ1) is 8.31. The molecule has 1 amide bonds. The fourth-order valence-corrected chi connectivity index (χ4v) is 2.26. The molecule has 1 saturated carbocycles. The Balaban J connectivity index is 0.00000162. The third kappa shape index (κ3) is 6.27. The molecule has 0 unspecified atom stereocenters. The summed E-state index contributed by atoms with van der Waals surface area (Å²) in [6, 6.07) is 0.826. The lowest BCUT2D eigenvalue weighted by Gasteiger charge is -2.34. The molecule has 2 rings (SSSR count). The lowest BCUT2D eigenvalue weighted by atomic mass is 10.3. The Hall–Kier alpha value is -0.0700. The van der Waals surface area contributed by atoms with Crippen molar-refractivity contribution in [2.75, 3.05) is 53.0 Å². The van der Waals surface area contributed by atoms with E-state index in [1.165, 1.54) is 12.8 Å². The molecule has 1 heterocycles. The number of carbonyl (C=O) groups excluding carboxylic acids is 1. The van der Waals surface area contributed by atoms with Crippen LogP contribution in [0.5, 0.6) is 0 Å². The van der Waals surface area contributed by atoms with Crippen LogP contribution in [-0.2, 0) is 9.53 Å². The Labute approximate surface area is 127 Å². The summed E-state index contributed by atoms with van der Waals surface area (Å²) in [5.41, 5.74) is 0. The highest BCUT2D eigenvalue weighted by Gasteiger charge is 2.31. The summed E-state index contributed by atoms with van der Waals surface area (Å²) in [6.07, 6.45) is 2.71. The number of carbonyl (C=O) groups is 1. The van der Waals surface area contributed by atoms with E-state index in [1.54, 1.807) is 7.11 Å². The molecule has 2 fully saturated rings. The zero-order valence-electron chi connectivity index (χ0n) is 11.5. The highest BCUT2D eigenvalue weighted by molar-refractivity contribution is 5.85. The second-order valence-corrected chi connectivity index (χ2v) is 4.82. The van der Waals surface area contributed by atoms with E-state index in [0.717, 1.165) is 38.8 Å². The Morgan fingerprint density at radius 2 is 1.84 bits per heavy atom. The molecule has 2 aliphatic rings. The van der Waals surface area contributed by atoms with E-state index in [4.69, 9.17) is 4.74 Å². The molecular formula is C12H25Cl2N3O2. The zero-order chi connectivity index (χ0) is 12.1. The van der Waals surface area contributed by atoms with Gasteiger partial charge in [0.1, 0.15) is 0 Å². The van der Waals surface area contributed by atoms with Gasteiger partial charge in [-0.25, -0.2) is 0 Å². The second kappa shape index (κ2) is 9.77. The maximum absolute atomic E-state index is 11.9. The van der Waals surface area contributed by atoms with Crippen LogP contribution in [0, 0.1) is 0 Å². The van der Waals surface area contributed by atoms with Crippen molar-refractivity contribution < 1.29 is 9.53 Å². The quantitative estimate of drug-likeness (QED) is 0.720. The molecule has 0 aromatic rings. The van der Waals surface area contributed by atoms with Gasteiger partial charge in [0.2, 0.25) is 5.91 Å². The van der Waals surface area contributed by atoms with Crippen LogP contribution in [0.3, 0.4) is 0 Å². The molecule has 7 heteroatoms. The molecule has 19 heavy (non-hydrogen) atoms. The van der Waals surface area contributed by atoms with Gasteiger partial charge in [-0.3, -0.25) is 9.69 Å². The van der Waals surface area contributed by atoms with E-state index in [2.05, 4.69) is 10.2 Å². The van der Waals surface area contributed by atoms with Crippen molar-refractivity contribution in [3.63, 3.8) is 0 Å². The standard InChI is InChI=1S/C12H23N3O2.2ClH/c1-17-9-4-13-10-12(16)15-7-5-14(6-8-15)11-2-3-11;;/h11,13H,2-10H2,1H3;2*1H. The predicted octanol–water partition coefficient (Wildman–Crippen LogP) is 0.373. The topological polar surface area (TPSA) is 44.8 Å². The number of nitrogens with zero attached hydrogens (tertiary/aromatic N) is 2. The Kier molecular flexibility index (Phi) is 9.74. The van der Waals surface area contributed by atoms with Gasteiger partial charge in [0.15, 0.2) is 0 Å². The van der Waals surface area contributed by atoms with Gasteiger partial charge in [-0.05, 0) is 12.8 Å². The molecule has 0 spiro atoms. The minimum Gasteiger partial charge on any atom is -0.383 e. The Morgan fingerprint density at radius 1 is 1.21 bits per heavy atom. The van der Waals surface area contributed by atoms with E-state index in [0.29, 0.717) is 13.2 Å². The Bertz CT molecular complexity index is 257.